The lowest BCUT2D eigenvalue weighted by atomic mass is 9.83. The summed E-state index contributed by atoms with van der Waals surface area (Å²) in [4.78, 5) is 10.8. The number of ether oxygens (including phenoxy) is 3. The van der Waals surface area contributed by atoms with Gasteiger partial charge in [-0.1, -0.05) is 0 Å². The predicted octanol–water partition coefficient (Wildman–Crippen LogP) is 1.52. The molecular weight excluding hydrogens is 294 g/mol. The zero-order valence-electron chi connectivity index (χ0n) is 13.5. The minimum absolute atomic E-state index is 0.00368. The molecular formula is C17H25N3O3. The fourth-order valence-electron chi connectivity index (χ4n) is 4.01. The van der Waals surface area contributed by atoms with E-state index in [1.807, 2.05) is 0 Å². The molecule has 126 valence electrons. The van der Waals surface area contributed by atoms with Gasteiger partial charge in [0.15, 0.2) is 0 Å². The van der Waals surface area contributed by atoms with Gasteiger partial charge in [-0.2, -0.15) is 0 Å². The van der Waals surface area contributed by atoms with Crippen LogP contribution in [0.3, 0.4) is 0 Å². The van der Waals surface area contributed by atoms with Gasteiger partial charge < -0.3 is 14.2 Å². The van der Waals surface area contributed by atoms with Crippen LogP contribution >= 0.6 is 0 Å². The molecule has 23 heavy (non-hydrogen) atoms. The Morgan fingerprint density at radius 3 is 2.83 bits per heavy atom. The van der Waals surface area contributed by atoms with Crippen LogP contribution in [-0.2, 0) is 9.47 Å². The van der Waals surface area contributed by atoms with Gasteiger partial charge in [0.1, 0.15) is 6.10 Å². The van der Waals surface area contributed by atoms with E-state index < -0.39 is 0 Å². The highest BCUT2D eigenvalue weighted by Gasteiger charge is 2.48. The summed E-state index contributed by atoms with van der Waals surface area (Å²) in [6.07, 6.45) is 9.48. The summed E-state index contributed by atoms with van der Waals surface area (Å²) in [5, 5.41) is 0. The Balaban J connectivity index is 1.27. The number of nitrogens with zero attached hydrogens (tertiary/aromatic N) is 3. The van der Waals surface area contributed by atoms with E-state index in [1.165, 1.54) is 19.4 Å². The van der Waals surface area contributed by atoms with Crippen molar-refractivity contribution in [2.75, 3.05) is 39.5 Å². The van der Waals surface area contributed by atoms with Crippen molar-refractivity contribution in [3.8, 4) is 5.88 Å². The lowest BCUT2D eigenvalue weighted by Gasteiger charge is -2.53. The monoisotopic (exact) mass is 319 g/mol. The highest BCUT2D eigenvalue weighted by molar-refractivity contribution is 5.06. The first-order chi connectivity index (χ1) is 11.3. The summed E-state index contributed by atoms with van der Waals surface area (Å²) >= 11 is 0. The second-order valence-corrected chi connectivity index (χ2v) is 7.03. The number of hydrogen-bond acceptors (Lipinski definition) is 6. The maximum absolute atomic E-state index is 6.11. The Labute approximate surface area is 137 Å². The topological polar surface area (TPSA) is 56.7 Å². The first-order valence-electron chi connectivity index (χ1n) is 8.68. The third-order valence-electron chi connectivity index (χ3n) is 5.16. The first-order valence-corrected chi connectivity index (χ1v) is 8.68. The van der Waals surface area contributed by atoms with Gasteiger partial charge in [-0.25, -0.2) is 4.98 Å². The molecule has 4 rings (SSSR count). The Morgan fingerprint density at radius 2 is 2.04 bits per heavy atom. The highest BCUT2D eigenvalue weighted by atomic mass is 16.5. The summed E-state index contributed by atoms with van der Waals surface area (Å²) in [6.45, 7) is 5.87. The molecule has 1 aromatic rings. The van der Waals surface area contributed by atoms with Gasteiger partial charge in [0.05, 0.1) is 18.4 Å². The lowest BCUT2D eigenvalue weighted by molar-refractivity contribution is -0.189. The number of likely N-dealkylation sites (tertiary alicyclic amines) is 1. The van der Waals surface area contributed by atoms with Gasteiger partial charge >= 0.3 is 0 Å². The lowest BCUT2D eigenvalue weighted by Crippen LogP contribution is -2.66. The molecule has 3 aliphatic rings. The molecule has 0 amide bonds. The molecule has 6 nitrogen and oxygen atoms in total. The number of hydrogen-bond donors (Lipinski definition) is 0. The molecule has 3 aliphatic heterocycles. The fourth-order valence-corrected chi connectivity index (χ4v) is 4.01. The van der Waals surface area contributed by atoms with E-state index in [0.717, 1.165) is 51.7 Å². The van der Waals surface area contributed by atoms with Crippen molar-refractivity contribution in [1.29, 1.82) is 0 Å². The standard InChI is InChI=1S/C17H25N3O3/c1-6-21-7-2-14(1)11-20-12-17(13-20)9-15(3-8-22-17)23-16-10-18-4-5-19-16/h4-5,10,14-15H,1-3,6-9,11-13H2/t15-/m0/s1. The Hall–Kier alpha value is -1.24. The van der Waals surface area contributed by atoms with Crippen molar-refractivity contribution in [2.45, 2.75) is 37.4 Å². The molecule has 0 radical (unpaired) electrons. The SMILES string of the molecule is c1cnc(O[C@H]2CCOC3(C2)CN(CC2CCOCC2)C3)cn1. The molecule has 0 N–H and O–H groups in total. The van der Waals surface area contributed by atoms with Gasteiger partial charge in [0.2, 0.25) is 5.88 Å². The van der Waals surface area contributed by atoms with E-state index in [-0.39, 0.29) is 11.7 Å². The van der Waals surface area contributed by atoms with Crippen molar-refractivity contribution < 1.29 is 14.2 Å². The smallest absolute Gasteiger partial charge is 0.232 e. The van der Waals surface area contributed by atoms with Crippen molar-refractivity contribution >= 4 is 0 Å². The first kappa shape index (κ1) is 15.3. The summed E-state index contributed by atoms with van der Waals surface area (Å²) in [5.74, 6) is 1.41. The van der Waals surface area contributed by atoms with Crippen LogP contribution in [0.2, 0.25) is 0 Å². The Bertz CT molecular complexity index is 501. The molecule has 0 unspecified atom stereocenters. The average molecular weight is 319 g/mol. The molecule has 4 heterocycles. The molecule has 0 saturated carbocycles. The predicted molar refractivity (Wildman–Crippen MR) is 84.3 cm³/mol. The van der Waals surface area contributed by atoms with Crippen LogP contribution in [0.1, 0.15) is 25.7 Å². The van der Waals surface area contributed by atoms with Crippen molar-refractivity contribution in [2.24, 2.45) is 5.92 Å². The normalized spacial score (nSPS) is 28.4. The Morgan fingerprint density at radius 1 is 1.17 bits per heavy atom. The fraction of sp³-hybridized carbons (Fsp3) is 0.765. The van der Waals surface area contributed by atoms with Crippen molar-refractivity contribution in [1.82, 2.24) is 14.9 Å². The summed E-state index contributed by atoms with van der Waals surface area (Å²) in [6, 6.07) is 0. The molecule has 3 fully saturated rings. The molecule has 0 aromatic carbocycles. The van der Waals surface area contributed by atoms with Gasteiger partial charge in [-0.15, -0.1) is 0 Å². The second kappa shape index (κ2) is 6.71. The van der Waals surface area contributed by atoms with Crippen LogP contribution in [0.4, 0.5) is 0 Å². The van der Waals surface area contributed by atoms with E-state index in [4.69, 9.17) is 14.2 Å². The molecule has 0 aliphatic carbocycles. The summed E-state index contributed by atoms with van der Waals surface area (Å²) in [7, 11) is 0. The minimum atomic E-state index is -0.00368. The van der Waals surface area contributed by atoms with E-state index in [9.17, 15) is 0 Å². The molecule has 0 bridgehead atoms. The number of rotatable bonds is 4. The van der Waals surface area contributed by atoms with Crippen LogP contribution in [0.25, 0.3) is 0 Å². The van der Waals surface area contributed by atoms with Crippen molar-refractivity contribution in [3.63, 3.8) is 0 Å². The van der Waals surface area contributed by atoms with Gasteiger partial charge in [0.25, 0.3) is 0 Å². The van der Waals surface area contributed by atoms with Crippen LogP contribution in [-0.4, -0.2) is 66.0 Å². The highest BCUT2D eigenvalue weighted by Crippen LogP contribution is 2.36. The van der Waals surface area contributed by atoms with Crippen LogP contribution < -0.4 is 4.74 Å². The zero-order valence-corrected chi connectivity index (χ0v) is 13.5. The van der Waals surface area contributed by atoms with E-state index >= 15 is 0 Å². The van der Waals surface area contributed by atoms with Gasteiger partial charge in [-0.3, -0.25) is 9.88 Å². The summed E-state index contributed by atoms with van der Waals surface area (Å²) < 4.78 is 17.5. The van der Waals surface area contributed by atoms with E-state index in [0.29, 0.717) is 5.88 Å². The van der Waals surface area contributed by atoms with Crippen LogP contribution in [0, 0.1) is 5.92 Å². The quantitative estimate of drug-likeness (QED) is 0.838. The average Bonchev–Trinajstić information content (AvgIpc) is 2.56. The maximum Gasteiger partial charge on any atom is 0.232 e. The molecule has 1 atom stereocenters. The molecule has 3 saturated heterocycles. The largest absolute Gasteiger partial charge is 0.473 e. The number of aromatic nitrogens is 2. The molecule has 1 aromatic heterocycles. The third kappa shape index (κ3) is 3.65. The van der Waals surface area contributed by atoms with Gasteiger partial charge in [0, 0.05) is 58.1 Å². The minimum Gasteiger partial charge on any atom is -0.473 e. The summed E-state index contributed by atoms with van der Waals surface area (Å²) in [5.41, 5.74) is -0.00368. The molecule has 1 spiro atoms. The maximum atomic E-state index is 6.11. The van der Waals surface area contributed by atoms with Crippen molar-refractivity contribution in [3.05, 3.63) is 18.6 Å². The second-order valence-electron chi connectivity index (χ2n) is 7.03. The van der Waals surface area contributed by atoms with Gasteiger partial charge in [-0.05, 0) is 18.8 Å². The third-order valence-corrected chi connectivity index (χ3v) is 5.16. The van der Waals surface area contributed by atoms with Crippen LogP contribution in [0.5, 0.6) is 5.88 Å². The molecule has 6 heteroatoms. The zero-order chi connectivity index (χ0) is 15.5. The Kier molecular flexibility index (Phi) is 4.46. The van der Waals surface area contributed by atoms with E-state index in [2.05, 4.69) is 14.9 Å². The van der Waals surface area contributed by atoms with Crippen LogP contribution in [0.15, 0.2) is 18.6 Å². The van der Waals surface area contributed by atoms with E-state index in [1.54, 1.807) is 18.6 Å².